The smallest absolute Gasteiger partial charge is 0.291 e. The lowest BCUT2D eigenvalue weighted by atomic mass is 9.99. The van der Waals surface area contributed by atoms with Crippen LogP contribution >= 0.6 is 0 Å². The molecule has 154 valence electrons. The Morgan fingerprint density at radius 1 is 1.20 bits per heavy atom. The molecule has 1 aliphatic heterocycles. The summed E-state index contributed by atoms with van der Waals surface area (Å²) in [6.07, 6.45) is 1.80. The minimum absolute atomic E-state index is 0.160. The van der Waals surface area contributed by atoms with Crippen molar-refractivity contribution >= 4 is 22.8 Å². The van der Waals surface area contributed by atoms with Gasteiger partial charge in [-0.25, -0.2) is 4.39 Å². The number of hydrogen-bond acceptors (Lipinski definition) is 4. The molecule has 8 heteroatoms. The minimum Gasteiger partial charge on any atom is -0.334 e. The molecule has 1 amide bonds. The Morgan fingerprint density at radius 2 is 2.00 bits per heavy atom. The van der Waals surface area contributed by atoms with Crippen molar-refractivity contribution in [3.63, 3.8) is 0 Å². The Labute approximate surface area is 171 Å². The Hall–Kier alpha value is -3.55. The fraction of sp³-hybridized carbons (Fsp3) is 0.273. The van der Waals surface area contributed by atoms with Gasteiger partial charge in [0.05, 0.1) is 11.0 Å². The Balaban J connectivity index is 1.71. The van der Waals surface area contributed by atoms with Gasteiger partial charge < -0.3 is 9.88 Å². The second kappa shape index (κ2) is 7.70. The van der Waals surface area contributed by atoms with E-state index in [0.29, 0.717) is 48.9 Å². The molecule has 0 fully saturated rings. The number of H-pyrrole nitrogens is 1. The quantitative estimate of drug-likeness (QED) is 0.459. The standard InChI is InChI=1S/C22H22FN5O2/c1-2-3-19(24)28-18-7-5-14(11-17(18)26-21(29)20(28)25)22(30)27-9-8-13-4-6-16(23)10-15(13)12-27/h4-7,10-11,24-25H,2-3,8-9,12H2,1H3,(H,26,29). The van der Waals surface area contributed by atoms with E-state index in [-0.39, 0.29) is 23.0 Å². The summed E-state index contributed by atoms with van der Waals surface area (Å²) in [7, 11) is 0. The predicted molar refractivity (Wildman–Crippen MR) is 111 cm³/mol. The van der Waals surface area contributed by atoms with Gasteiger partial charge in [-0.3, -0.25) is 25.0 Å². The number of nitrogens with one attached hydrogen (secondary N) is 3. The zero-order valence-corrected chi connectivity index (χ0v) is 16.6. The first-order chi connectivity index (χ1) is 14.4. The largest absolute Gasteiger partial charge is 0.334 e. The molecule has 0 saturated carbocycles. The van der Waals surface area contributed by atoms with E-state index in [2.05, 4.69) is 4.98 Å². The lowest BCUT2D eigenvalue weighted by Gasteiger charge is -2.29. The molecule has 0 saturated heterocycles. The minimum atomic E-state index is -0.615. The van der Waals surface area contributed by atoms with Gasteiger partial charge >= 0.3 is 0 Å². The number of aromatic amines is 1. The first-order valence-electron chi connectivity index (χ1n) is 9.87. The molecule has 0 spiro atoms. The fourth-order valence-corrected chi connectivity index (χ4v) is 3.88. The van der Waals surface area contributed by atoms with Crippen LogP contribution in [0.1, 0.15) is 41.3 Å². The van der Waals surface area contributed by atoms with Crippen LogP contribution in [0.4, 0.5) is 4.39 Å². The van der Waals surface area contributed by atoms with E-state index in [4.69, 9.17) is 10.8 Å². The summed E-state index contributed by atoms with van der Waals surface area (Å²) in [6, 6.07) is 9.52. The Morgan fingerprint density at radius 3 is 2.77 bits per heavy atom. The Bertz CT molecular complexity index is 1290. The molecule has 2 heterocycles. The number of halogens is 1. The fourth-order valence-electron chi connectivity index (χ4n) is 3.88. The zero-order valence-electron chi connectivity index (χ0n) is 16.6. The van der Waals surface area contributed by atoms with Gasteiger partial charge in [0.2, 0.25) is 0 Å². The van der Waals surface area contributed by atoms with Crippen LogP contribution in [0, 0.1) is 16.6 Å². The van der Waals surface area contributed by atoms with Gasteiger partial charge in [0.15, 0.2) is 5.49 Å². The zero-order chi connectivity index (χ0) is 21.4. The van der Waals surface area contributed by atoms with E-state index >= 15 is 0 Å². The van der Waals surface area contributed by atoms with Gasteiger partial charge in [-0.2, -0.15) is 0 Å². The highest BCUT2D eigenvalue weighted by atomic mass is 19.1. The lowest BCUT2D eigenvalue weighted by molar-refractivity contribution is 0.0734. The topological polar surface area (TPSA) is 106 Å². The van der Waals surface area contributed by atoms with E-state index in [9.17, 15) is 14.0 Å². The highest BCUT2D eigenvalue weighted by molar-refractivity contribution is 5.99. The molecular formula is C22H22FN5O2. The average molecular weight is 407 g/mol. The van der Waals surface area contributed by atoms with E-state index in [1.807, 2.05) is 6.92 Å². The number of carbonyl (C=O) groups excluding carboxylic acids is 1. The van der Waals surface area contributed by atoms with Crippen LogP contribution in [0.5, 0.6) is 0 Å². The lowest BCUT2D eigenvalue weighted by Crippen LogP contribution is -2.40. The monoisotopic (exact) mass is 407 g/mol. The van der Waals surface area contributed by atoms with Crippen LogP contribution in [0.3, 0.4) is 0 Å². The number of fused-ring (bicyclic) bond motifs is 2. The van der Waals surface area contributed by atoms with Gasteiger partial charge in [0, 0.05) is 25.1 Å². The van der Waals surface area contributed by atoms with Crippen molar-refractivity contribution in [1.82, 2.24) is 14.5 Å². The predicted octanol–water partition coefficient (Wildman–Crippen LogP) is 2.77. The van der Waals surface area contributed by atoms with E-state index in [1.54, 1.807) is 29.2 Å². The van der Waals surface area contributed by atoms with Crippen LogP contribution in [-0.2, 0) is 13.0 Å². The van der Waals surface area contributed by atoms with Crippen molar-refractivity contribution in [3.8, 4) is 0 Å². The van der Waals surface area contributed by atoms with E-state index in [1.165, 1.54) is 16.7 Å². The van der Waals surface area contributed by atoms with Gasteiger partial charge in [-0.05, 0) is 54.3 Å². The summed E-state index contributed by atoms with van der Waals surface area (Å²) < 4.78 is 14.9. The second-order valence-corrected chi connectivity index (χ2v) is 7.46. The molecule has 1 aromatic heterocycles. The van der Waals surface area contributed by atoms with Crippen LogP contribution in [0.15, 0.2) is 41.2 Å². The van der Waals surface area contributed by atoms with Crippen molar-refractivity contribution < 1.29 is 9.18 Å². The molecule has 3 N–H and O–H groups in total. The first-order valence-corrected chi connectivity index (χ1v) is 9.87. The maximum atomic E-state index is 13.6. The van der Waals surface area contributed by atoms with Crippen LogP contribution < -0.4 is 11.0 Å². The normalized spacial score (nSPS) is 13.3. The molecule has 0 atom stereocenters. The van der Waals surface area contributed by atoms with E-state index in [0.717, 1.165) is 11.1 Å². The summed E-state index contributed by atoms with van der Waals surface area (Å²) in [5.41, 5.74) is 2.20. The SMILES string of the molecule is CCCC(=N)n1c(=N)c(=O)[nH]c2cc(C(=O)N3CCc4ccc(F)cc4C3)ccc21. The average Bonchev–Trinajstić information content (AvgIpc) is 2.73. The molecule has 4 rings (SSSR count). The molecule has 0 unspecified atom stereocenters. The molecule has 0 aliphatic carbocycles. The van der Waals surface area contributed by atoms with Crippen LogP contribution in [-0.4, -0.2) is 32.7 Å². The van der Waals surface area contributed by atoms with Gasteiger partial charge in [-0.1, -0.05) is 13.0 Å². The van der Waals surface area contributed by atoms with Crippen molar-refractivity contribution in [2.75, 3.05) is 6.54 Å². The molecular weight excluding hydrogens is 385 g/mol. The van der Waals surface area contributed by atoms with Gasteiger partial charge in [-0.15, -0.1) is 0 Å². The highest BCUT2D eigenvalue weighted by Crippen LogP contribution is 2.22. The molecule has 0 bridgehead atoms. The molecule has 7 nitrogen and oxygen atoms in total. The highest BCUT2D eigenvalue weighted by Gasteiger charge is 2.23. The summed E-state index contributed by atoms with van der Waals surface area (Å²) >= 11 is 0. The summed E-state index contributed by atoms with van der Waals surface area (Å²) in [5, 5.41) is 16.3. The summed E-state index contributed by atoms with van der Waals surface area (Å²) in [5.74, 6) is -0.373. The van der Waals surface area contributed by atoms with E-state index < -0.39 is 5.56 Å². The molecule has 3 aromatic rings. The molecule has 0 radical (unpaired) electrons. The maximum absolute atomic E-state index is 13.6. The molecule has 1 aliphatic rings. The van der Waals surface area contributed by atoms with Crippen molar-refractivity contribution in [3.05, 3.63) is 74.7 Å². The number of aromatic nitrogens is 2. The number of carbonyl (C=O) groups is 1. The second-order valence-electron chi connectivity index (χ2n) is 7.46. The molecule has 30 heavy (non-hydrogen) atoms. The summed E-state index contributed by atoms with van der Waals surface area (Å²) in [4.78, 5) is 29.6. The summed E-state index contributed by atoms with van der Waals surface area (Å²) in [6.45, 7) is 2.78. The van der Waals surface area contributed by atoms with Crippen molar-refractivity contribution in [1.29, 1.82) is 10.8 Å². The number of hydrogen-bond donors (Lipinski definition) is 3. The van der Waals surface area contributed by atoms with Crippen LogP contribution in [0.25, 0.3) is 11.0 Å². The molecule has 2 aromatic carbocycles. The number of amides is 1. The Kier molecular flexibility index (Phi) is 5.07. The number of benzene rings is 2. The third kappa shape index (κ3) is 3.45. The van der Waals surface area contributed by atoms with Crippen molar-refractivity contribution in [2.45, 2.75) is 32.7 Å². The number of rotatable bonds is 3. The van der Waals surface area contributed by atoms with Gasteiger partial charge in [0.1, 0.15) is 11.7 Å². The van der Waals surface area contributed by atoms with Gasteiger partial charge in [0.25, 0.3) is 11.5 Å². The van der Waals surface area contributed by atoms with Crippen molar-refractivity contribution in [2.24, 2.45) is 0 Å². The third-order valence-corrected chi connectivity index (χ3v) is 5.40. The maximum Gasteiger partial charge on any atom is 0.291 e. The third-order valence-electron chi connectivity index (χ3n) is 5.40. The number of nitrogens with zero attached hydrogens (tertiary/aromatic N) is 2. The van der Waals surface area contributed by atoms with Crippen LogP contribution in [0.2, 0.25) is 0 Å². The first kappa shape index (κ1) is 19.8.